The molecule has 26 heavy (non-hydrogen) atoms. The molecule has 6 heteroatoms. The molecule has 0 spiro atoms. The quantitative estimate of drug-likeness (QED) is 0.633. The van der Waals surface area contributed by atoms with Gasteiger partial charge in [0, 0.05) is 29.8 Å². The normalized spacial score (nSPS) is 24.9. The fourth-order valence-electron chi connectivity index (χ4n) is 3.72. The Labute approximate surface area is 158 Å². The van der Waals surface area contributed by atoms with Gasteiger partial charge in [0.05, 0.1) is 18.1 Å². The van der Waals surface area contributed by atoms with Crippen LogP contribution in [0.5, 0.6) is 0 Å². The highest BCUT2D eigenvalue weighted by Crippen LogP contribution is 2.42. The second-order valence-corrected chi connectivity index (χ2v) is 6.95. The molecule has 5 nitrogen and oxygen atoms in total. The first-order valence-electron chi connectivity index (χ1n) is 8.62. The molecule has 1 heterocycles. The van der Waals surface area contributed by atoms with Gasteiger partial charge in [-0.15, -0.1) is 0 Å². The predicted octanol–water partition coefficient (Wildman–Crippen LogP) is 3.00. The van der Waals surface area contributed by atoms with Crippen LogP contribution in [0.3, 0.4) is 0 Å². The summed E-state index contributed by atoms with van der Waals surface area (Å²) in [5.74, 6) is -1.13. The first-order valence-corrected chi connectivity index (χ1v) is 9.00. The van der Waals surface area contributed by atoms with Crippen molar-refractivity contribution in [3.63, 3.8) is 0 Å². The number of methoxy groups -OCH3 is 1. The lowest BCUT2D eigenvalue weighted by atomic mass is 9.69. The zero-order valence-corrected chi connectivity index (χ0v) is 15.6. The third-order valence-electron chi connectivity index (χ3n) is 4.88. The van der Waals surface area contributed by atoms with Gasteiger partial charge in [-0.1, -0.05) is 29.8 Å². The van der Waals surface area contributed by atoms with Gasteiger partial charge < -0.3 is 14.8 Å². The Morgan fingerprint density at radius 2 is 2.00 bits per heavy atom. The summed E-state index contributed by atoms with van der Waals surface area (Å²) in [6.45, 7) is 2.35. The summed E-state index contributed by atoms with van der Waals surface area (Å²) in [5, 5.41) is 3.94. The van der Waals surface area contributed by atoms with E-state index in [-0.39, 0.29) is 30.3 Å². The monoisotopic (exact) mass is 375 g/mol. The van der Waals surface area contributed by atoms with E-state index in [0.29, 0.717) is 17.2 Å². The largest absolute Gasteiger partial charge is 0.460 e. The van der Waals surface area contributed by atoms with Crippen molar-refractivity contribution in [2.75, 3.05) is 20.3 Å². The van der Waals surface area contributed by atoms with Gasteiger partial charge in [-0.25, -0.2) is 4.79 Å². The topological polar surface area (TPSA) is 64.6 Å². The van der Waals surface area contributed by atoms with Gasteiger partial charge in [-0.3, -0.25) is 4.79 Å². The first-order chi connectivity index (χ1) is 12.5. The number of hydrogen-bond acceptors (Lipinski definition) is 5. The third-order valence-corrected chi connectivity index (χ3v) is 5.13. The van der Waals surface area contributed by atoms with E-state index >= 15 is 0 Å². The van der Waals surface area contributed by atoms with Gasteiger partial charge in [-0.2, -0.15) is 0 Å². The van der Waals surface area contributed by atoms with E-state index in [4.69, 9.17) is 21.1 Å². The van der Waals surface area contributed by atoms with Crippen LogP contribution < -0.4 is 5.32 Å². The van der Waals surface area contributed by atoms with Crippen molar-refractivity contribution in [1.82, 2.24) is 5.32 Å². The third kappa shape index (κ3) is 3.69. The van der Waals surface area contributed by atoms with Crippen LogP contribution in [-0.2, 0) is 19.1 Å². The average Bonchev–Trinajstić information content (AvgIpc) is 2.61. The standard InChI is InChI=1S/C20H22ClNO4/c1-12-17(20(24)26-11-10-25-2)18(13-6-8-14(21)9-7-13)19-15(22-12)4-3-5-16(19)23/h3,5-9,15,18-19,22H,4,10-11H2,1-2H3/t15-,18-,19-/m1/s1. The number of hydrogen-bond donors (Lipinski definition) is 1. The van der Waals surface area contributed by atoms with E-state index in [1.54, 1.807) is 25.3 Å². The van der Waals surface area contributed by atoms with Gasteiger partial charge in [0.15, 0.2) is 5.78 Å². The molecule has 1 aliphatic heterocycles. The van der Waals surface area contributed by atoms with Crippen LogP contribution in [0.15, 0.2) is 47.7 Å². The zero-order valence-electron chi connectivity index (χ0n) is 14.8. The zero-order chi connectivity index (χ0) is 18.7. The number of esters is 1. The Balaban J connectivity index is 2.02. The van der Waals surface area contributed by atoms with Crippen LogP contribution in [0, 0.1) is 5.92 Å². The molecule has 0 bridgehead atoms. The van der Waals surface area contributed by atoms with Gasteiger partial charge >= 0.3 is 5.97 Å². The van der Waals surface area contributed by atoms with Crippen molar-refractivity contribution in [2.45, 2.75) is 25.3 Å². The molecule has 3 rings (SSSR count). The van der Waals surface area contributed by atoms with Crippen molar-refractivity contribution >= 4 is 23.4 Å². The summed E-state index contributed by atoms with van der Waals surface area (Å²) in [7, 11) is 1.55. The molecule has 0 saturated carbocycles. The fourth-order valence-corrected chi connectivity index (χ4v) is 3.85. The minimum atomic E-state index is -0.423. The Kier molecular flexibility index (Phi) is 5.79. The molecule has 1 aromatic carbocycles. The lowest BCUT2D eigenvalue weighted by Crippen LogP contribution is -2.49. The molecular weight excluding hydrogens is 354 g/mol. The van der Waals surface area contributed by atoms with E-state index in [2.05, 4.69) is 5.32 Å². The number of rotatable bonds is 5. The molecule has 138 valence electrons. The van der Waals surface area contributed by atoms with Crippen LogP contribution in [-0.4, -0.2) is 38.1 Å². The summed E-state index contributed by atoms with van der Waals surface area (Å²) in [6.07, 6.45) is 4.23. The van der Waals surface area contributed by atoms with Crippen molar-refractivity contribution in [2.24, 2.45) is 5.92 Å². The summed E-state index contributed by atoms with van der Waals surface area (Å²) < 4.78 is 10.3. The van der Waals surface area contributed by atoms with Crippen molar-refractivity contribution < 1.29 is 19.1 Å². The number of halogens is 1. The lowest BCUT2D eigenvalue weighted by molar-refractivity contribution is -0.141. The molecule has 3 atom stereocenters. The molecular formula is C20H22ClNO4. The second-order valence-electron chi connectivity index (χ2n) is 6.51. The fraction of sp³-hybridized carbons (Fsp3) is 0.400. The molecule has 1 aromatic rings. The number of carbonyl (C=O) groups excluding carboxylic acids is 2. The molecule has 0 radical (unpaired) electrons. The number of allylic oxidation sites excluding steroid dienone is 2. The average molecular weight is 376 g/mol. The lowest BCUT2D eigenvalue weighted by Gasteiger charge is -2.41. The van der Waals surface area contributed by atoms with Gasteiger partial charge in [0.25, 0.3) is 0 Å². The number of benzene rings is 1. The van der Waals surface area contributed by atoms with E-state index in [1.165, 1.54) is 0 Å². The first kappa shape index (κ1) is 18.7. The van der Waals surface area contributed by atoms with Crippen LogP contribution >= 0.6 is 11.6 Å². The van der Waals surface area contributed by atoms with E-state index in [9.17, 15) is 9.59 Å². The molecule has 0 aromatic heterocycles. The Morgan fingerprint density at radius 3 is 2.69 bits per heavy atom. The second kappa shape index (κ2) is 8.06. The van der Waals surface area contributed by atoms with Crippen LogP contribution in [0.2, 0.25) is 5.02 Å². The molecule has 1 aliphatic carbocycles. The maximum Gasteiger partial charge on any atom is 0.336 e. The smallest absolute Gasteiger partial charge is 0.336 e. The molecule has 0 amide bonds. The summed E-state index contributed by atoms with van der Waals surface area (Å²) in [4.78, 5) is 25.5. The van der Waals surface area contributed by atoms with Gasteiger partial charge in [0.1, 0.15) is 6.61 Å². The summed E-state index contributed by atoms with van der Waals surface area (Å²) >= 11 is 6.02. The minimum Gasteiger partial charge on any atom is -0.460 e. The maximum absolute atomic E-state index is 12.8. The molecule has 0 fully saturated rings. The highest BCUT2D eigenvalue weighted by atomic mass is 35.5. The highest BCUT2D eigenvalue weighted by Gasteiger charge is 2.44. The maximum atomic E-state index is 12.8. The Hall–Kier alpha value is -2.11. The molecule has 0 saturated heterocycles. The number of nitrogens with one attached hydrogen (secondary N) is 1. The van der Waals surface area contributed by atoms with Gasteiger partial charge in [0.2, 0.25) is 0 Å². The summed E-state index contributed by atoms with van der Waals surface area (Å²) in [6, 6.07) is 7.26. The van der Waals surface area contributed by atoms with Crippen LogP contribution in [0.25, 0.3) is 0 Å². The molecule has 0 unspecified atom stereocenters. The molecule has 1 N–H and O–H groups in total. The summed E-state index contributed by atoms with van der Waals surface area (Å²) in [5.41, 5.74) is 2.12. The van der Waals surface area contributed by atoms with Crippen LogP contribution in [0.4, 0.5) is 0 Å². The molecule has 2 aliphatic rings. The number of ketones is 1. The van der Waals surface area contributed by atoms with E-state index in [1.807, 2.05) is 25.1 Å². The minimum absolute atomic E-state index is 0.0170. The van der Waals surface area contributed by atoms with Crippen LogP contribution in [0.1, 0.15) is 24.8 Å². The van der Waals surface area contributed by atoms with Crippen molar-refractivity contribution in [1.29, 1.82) is 0 Å². The number of fused-ring (bicyclic) bond motifs is 1. The predicted molar refractivity (Wildman–Crippen MR) is 98.9 cm³/mol. The van der Waals surface area contributed by atoms with Crippen molar-refractivity contribution in [3.05, 3.63) is 58.3 Å². The van der Waals surface area contributed by atoms with E-state index < -0.39 is 5.97 Å². The Bertz CT molecular complexity index is 754. The number of ether oxygens (including phenoxy) is 2. The highest BCUT2D eigenvalue weighted by molar-refractivity contribution is 6.30. The number of carbonyl (C=O) groups is 2. The van der Waals surface area contributed by atoms with Gasteiger partial charge in [-0.05, 0) is 37.1 Å². The van der Waals surface area contributed by atoms with Crippen molar-refractivity contribution in [3.8, 4) is 0 Å². The van der Waals surface area contributed by atoms with E-state index in [0.717, 1.165) is 17.7 Å². The SMILES string of the molecule is COCCOC(=O)C1=C(C)N[C@@H]2CC=CC(=O)[C@@H]2[C@@H]1c1ccc(Cl)cc1. The Morgan fingerprint density at radius 1 is 1.27 bits per heavy atom.